The molecule has 0 saturated heterocycles. The van der Waals surface area contributed by atoms with Crippen LogP contribution in [0.5, 0.6) is 0 Å². The molecule has 1 heterocycles. The normalized spacial score (nSPS) is 14.3. The highest BCUT2D eigenvalue weighted by Crippen LogP contribution is 2.56. The molecule has 0 aliphatic carbocycles. The highest BCUT2D eigenvalue weighted by Gasteiger charge is 2.48. The second-order valence-corrected chi connectivity index (χ2v) is 20.1. The van der Waals surface area contributed by atoms with E-state index in [1.165, 1.54) is 220 Å². The van der Waals surface area contributed by atoms with Crippen LogP contribution in [0.1, 0.15) is 230 Å². The molecule has 1 aliphatic heterocycles. The van der Waals surface area contributed by atoms with Crippen molar-refractivity contribution in [2.24, 2.45) is 0 Å². The van der Waals surface area contributed by atoms with Gasteiger partial charge in [0.2, 0.25) is 0 Å². The van der Waals surface area contributed by atoms with E-state index >= 15 is 0 Å². The largest absolute Gasteiger partial charge is 0.359 e. The lowest BCUT2D eigenvalue weighted by atomic mass is 9.77. The van der Waals surface area contributed by atoms with Crippen LogP contribution in [-0.2, 0) is 15.9 Å². The summed E-state index contributed by atoms with van der Waals surface area (Å²) in [5.41, 5.74) is 10.6. The number of hydrogen-bond acceptors (Lipinski definition) is 1. The van der Waals surface area contributed by atoms with E-state index in [1.807, 2.05) is 0 Å². The lowest BCUT2D eigenvalue weighted by Gasteiger charge is -2.45. The van der Waals surface area contributed by atoms with Gasteiger partial charge < -0.3 is 4.74 Å². The van der Waals surface area contributed by atoms with Crippen LogP contribution in [0, 0.1) is 13.8 Å². The van der Waals surface area contributed by atoms with E-state index in [0.29, 0.717) is 0 Å². The van der Waals surface area contributed by atoms with Crippen LogP contribution in [0.25, 0.3) is 43.8 Å². The maximum atomic E-state index is 8.59. The fourth-order valence-corrected chi connectivity index (χ4v) is 11.5. The Hall–Kier alpha value is -3.42. The zero-order chi connectivity index (χ0) is 44.3. The molecule has 6 rings (SSSR count). The molecular formula is C62H88O. The number of ether oxygens (including phenoxy) is 1. The van der Waals surface area contributed by atoms with Crippen LogP contribution < -0.4 is 0 Å². The molecule has 0 bridgehead atoms. The number of hydrogen-bond donors (Lipinski definition) is 0. The Labute approximate surface area is 386 Å². The van der Waals surface area contributed by atoms with Crippen LogP contribution in [0.3, 0.4) is 0 Å². The van der Waals surface area contributed by atoms with Crippen molar-refractivity contribution in [3.63, 3.8) is 0 Å². The lowest BCUT2D eigenvalue weighted by molar-refractivity contribution is -0.185. The molecule has 0 unspecified atom stereocenters. The number of fused-ring (bicyclic) bond motifs is 5. The molecule has 1 heteroatoms. The molecule has 0 saturated carbocycles. The maximum Gasteiger partial charge on any atom is 0.0949 e. The van der Waals surface area contributed by atoms with Crippen LogP contribution in [0.15, 0.2) is 84.9 Å². The van der Waals surface area contributed by atoms with Crippen molar-refractivity contribution in [2.45, 2.75) is 233 Å². The summed E-state index contributed by atoms with van der Waals surface area (Å²) in [5.74, 6) is 0. The van der Waals surface area contributed by atoms with Gasteiger partial charge in [0.15, 0.2) is 0 Å². The van der Waals surface area contributed by atoms with Crippen molar-refractivity contribution >= 4 is 21.5 Å². The first kappa shape index (κ1) is 49.0. The minimum absolute atomic E-state index is 0.316. The Morgan fingerprint density at radius 2 is 0.714 bits per heavy atom. The molecule has 0 N–H and O–H groups in total. The fraction of sp³-hybridized carbons (Fsp3) is 0.581. The highest BCUT2D eigenvalue weighted by atomic mass is 16.5. The van der Waals surface area contributed by atoms with Crippen molar-refractivity contribution in [3.8, 4) is 22.3 Å². The van der Waals surface area contributed by atoms with E-state index in [2.05, 4.69) is 126 Å². The first-order valence-corrected chi connectivity index (χ1v) is 26.8. The summed E-state index contributed by atoms with van der Waals surface area (Å²) < 4.78 is 8.59. The van der Waals surface area contributed by atoms with E-state index in [0.717, 1.165) is 25.7 Å². The third kappa shape index (κ3) is 12.5. The van der Waals surface area contributed by atoms with Gasteiger partial charge in [0, 0.05) is 0 Å². The summed E-state index contributed by atoms with van der Waals surface area (Å²) in [7, 11) is 0. The van der Waals surface area contributed by atoms with Crippen LogP contribution in [0.4, 0.5) is 0 Å². The SMILES string of the molecule is CCCCCCCCC1(CCCCCCCC)OC(CCCCCCCC)(CCCCCCCC)c2cc(-c3c4ccccc4c(C)c4ccccc34)ccc2-c2ccc(C)cc21. The number of rotatable bonds is 29. The van der Waals surface area contributed by atoms with E-state index in [1.54, 1.807) is 0 Å². The third-order valence-electron chi connectivity index (χ3n) is 15.1. The summed E-state index contributed by atoms with van der Waals surface area (Å²) in [6.45, 7) is 14.0. The van der Waals surface area contributed by atoms with Crippen LogP contribution >= 0.6 is 0 Å². The van der Waals surface area contributed by atoms with Gasteiger partial charge in [-0.15, -0.1) is 0 Å². The molecule has 1 nitrogen and oxygen atoms in total. The molecule has 0 radical (unpaired) electrons. The number of benzene rings is 5. The predicted molar refractivity (Wildman–Crippen MR) is 278 cm³/mol. The summed E-state index contributed by atoms with van der Waals surface area (Å²) in [5, 5.41) is 5.44. The highest BCUT2D eigenvalue weighted by molar-refractivity contribution is 6.15. The average Bonchev–Trinajstić information content (AvgIpc) is 3.39. The van der Waals surface area contributed by atoms with Gasteiger partial charge >= 0.3 is 0 Å². The summed E-state index contributed by atoms with van der Waals surface area (Å²) in [6.07, 6.45) is 35.8. The van der Waals surface area contributed by atoms with Gasteiger partial charge in [-0.2, -0.15) is 0 Å². The maximum absolute atomic E-state index is 8.59. The first-order chi connectivity index (χ1) is 30.9. The van der Waals surface area contributed by atoms with Crippen LogP contribution in [-0.4, -0.2) is 0 Å². The van der Waals surface area contributed by atoms with Crippen molar-refractivity contribution in [1.82, 2.24) is 0 Å². The molecule has 1 aliphatic rings. The van der Waals surface area contributed by atoms with E-state index in [9.17, 15) is 0 Å². The van der Waals surface area contributed by atoms with Crippen molar-refractivity contribution < 1.29 is 4.74 Å². The molecule has 0 spiro atoms. The summed E-state index contributed by atoms with van der Waals surface area (Å²) in [4.78, 5) is 0. The van der Waals surface area contributed by atoms with E-state index in [4.69, 9.17) is 4.74 Å². The van der Waals surface area contributed by atoms with Crippen molar-refractivity contribution in [2.75, 3.05) is 0 Å². The molecule has 0 fully saturated rings. The Kier molecular flexibility index (Phi) is 19.7. The summed E-state index contributed by atoms with van der Waals surface area (Å²) >= 11 is 0. The van der Waals surface area contributed by atoms with E-state index in [-0.39, 0.29) is 11.2 Å². The standard InChI is InChI=1S/C62H88O/c1-7-11-15-19-23-31-43-61(44-32-24-20-16-12-8-2)58-47-49(5)39-41-54(58)55-42-40-51(60-56-37-29-27-35-52(56)50(6)53-36-28-30-38-57(53)60)48-59(55)62(63-61,45-33-25-21-17-13-9-3)46-34-26-22-18-14-10-4/h27-30,35-42,47-48H,7-26,31-34,43-46H2,1-6H3. The lowest BCUT2D eigenvalue weighted by Crippen LogP contribution is -2.41. The molecule has 5 aromatic rings. The van der Waals surface area contributed by atoms with Gasteiger partial charge in [-0.1, -0.05) is 266 Å². The second-order valence-electron chi connectivity index (χ2n) is 20.1. The Morgan fingerprint density at radius 1 is 0.365 bits per heavy atom. The Morgan fingerprint density at radius 3 is 1.13 bits per heavy atom. The molecule has 5 aromatic carbocycles. The molecule has 0 amide bonds. The topological polar surface area (TPSA) is 9.23 Å². The molecule has 342 valence electrons. The smallest absolute Gasteiger partial charge is 0.0949 e. The van der Waals surface area contributed by atoms with Crippen molar-refractivity contribution in [1.29, 1.82) is 0 Å². The summed E-state index contributed by atoms with van der Waals surface area (Å²) in [6, 6.07) is 33.5. The molecule has 0 atom stereocenters. The van der Waals surface area contributed by atoms with Gasteiger partial charge in [0.25, 0.3) is 0 Å². The third-order valence-corrected chi connectivity index (χ3v) is 15.1. The number of unbranched alkanes of at least 4 members (excludes halogenated alkanes) is 20. The van der Waals surface area contributed by atoms with Crippen molar-refractivity contribution in [3.05, 3.63) is 107 Å². The molecular weight excluding hydrogens is 761 g/mol. The van der Waals surface area contributed by atoms with Gasteiger partial charge in [0.05, 0.1) is 11.2 Å². The average molecular weight is 849 g/mol. The first-order valence-electron chi connectivity index (χ1n) is 26.8. The minimum atomic E-state index is -0.367. The van der Waals surface area contributed by atoms with Crippen LogP contribution in [0.2, 0.25) is 0 Å². The van der Waals surface area contributed by atoms with Gasteiger partial charge in [-0.05, 0) is 106 Å². The zero-order valence-electron chi connectivity index (χ0n) is 41.3. The molecule has 0 aromatic heterocycles. The zero-order valence-corrected chi connectivity index (χ0v) is 41.3. The Bertz CT molecular complexity index is 2030. The van der Waals surface area contributed by atoms with Gasteiger partial charge in [-0.3, -0.25) is 0 Å². The monoisotopic (exact) mass is 849 g/mol. The van der Waals surface area contributed by atoms with Gasteiger partial charge in [-0.25, -0.2) is 0 Å². The number of aryl methyl sites for hydroxylation is 2. The predicted octanol–water partition coefficient (Wildman–Crippen LogP) is 20.4. The fourth-order valence-electron chi connectivity index (χ4n) is 11.5. The minimum Gasteiger partial charge on any atom is -0.359 e. The van der Waals surface area contributed by atoms with E-state index < -0.39 is 0 Å². The molecule has 63 heavy (non-hydrogen) atoms. The van der Waals surface area contributed by atoms with Gasteiger partial charge in [0.1, 0.15) is 0 Å². The Balaban J connectivity index is 1.56. The second kappa shape index (κ2) is 25.3. The quantitative estimate of drug-likeness (QED) is 0.0344.